The van der Waals surface area contributed by atoms with Gasteiger partial charge in [-0.15, -0.1) is 11.8 Å². The van der Waals surface area contributed by atoms with Gasteiger partial charge in [-0.2, -0.15) is 0 Å². The Morgan fingerprint density at radius 1 is 1.04 bits per heavy atom. The lowest BCUT2D eigenvalue weighted by Crippen LogP contribution is -2.41. The first-order valence-corrected chi connectivity index (χ1v) is 9.24. The molecule has 2 amide bonds. The largest absolute Gasteiger partial charge is 0.494 e. The van der Waals surface area contributed by atoms with E-state index in [0.717, 1.165) is 16.2 Å². The topological polar surface area (TPSA) is 67.4 Å². The lowest BCUT2D eigenvalue weighted by Gasteiger charge is -2.05. The van der Waals surface area contributed by atoms with Gasteiger partial charge in [-0.1, -0.05) is 29.8 Å². The van der Waals surface area contributed by atoms with Gasteiger partial charge in [-0.05, 0) is 49.8 Å². The molecule has 0 unspecified atom stereocenters. The fourth-order valence-corrected chi connectivity index (χ4v) is 2.70. The van der Waals surface area contributed by atoms with Crippen LogP contribution < -0.4 is 15.6 Å². The molecule has 0 aliphatic rings. The van der Waals surface area contributed by atoms with E-state index in [1.807, 2.05) is 62.4 Å². The summed E-state index contributed by atoms with van der Waals surface area (Å²) in [6.07, 6.45) is 3.03. The summed E-state index contributed by atoms with van der Waals surface area (Å²) >= 11 is 1.41. The minimum Gasteiger partial charge on any atom is -0.494 e. The molecule has 5 nitrogen and oxygen atoms in total. The first-order chi connectivity index (χ1) is 12.6. The van der Waals surface area contributed by atoms with Gasteiger partial charge in [0.2, 0.25) is 5.91 Å². The number of ether oxygens (including phenoxy) is 1. The number of hydrogen-bond donors (Lipinski definition) is 2. The van der Waals surface area contributed by atoms with Gasteiger partial charge in [-0.3, -0.25) is 20.4 Å². The van der Waals surface area contributed by atoms with Gasteiger partial charge in [0.15, 0.2) is 0 Å². The molecule has 2 rings (SSSR count). The number of nitrogens with one attached hydrogen (secondary N) is 2. The second-order valence-electron chi connectivity index (χ2n) is 5.47. The van der Waals surface area contributed by atoms with E-state index in [1.165, 1.54) is 23.4 Å². The normalized spacial score (nSPS) is 10.5. The Morgan fingerprint density at radius 3 is 2.38 bits per heavy atom. The van der Waals surface area contributed by atoms with Crippen molar-refractivity contribution in [3.63, 3.8) is 0 Å². The molecule has 0 fully saturated rings. The van der Waals surface area contributed by atoms with Crippen LogP contribution in [0.2, 0.25) is 0 Å². The number of carbonyl (C=O) groups excluding carboxylic acids is 2. The molecule has 26 heavy (non-hydrogen) atoms. The van der Waals surface area contributed by atoms with Gasteiger partial charge < -0.3 is 4.74 Å². The van der Waals surface area contributed by atoms with Crippen LogP contribution in [0.25, 0.3) is 6.08 Å². The van der Waals surface area contributed by atoms with Crippen molar-refractivity contribution < 1.29 is 14.3 Å². The predicted octanol–water partition coefficient (Wildman–Crippen LogP) is 3.35. The first-order valence-electron chi connectivity index (χ1n) is 8.26. The zero-order chi connectivity index (χ0) is 18.8. The SMILES string of the molecule is CCOc1ccc(/C=C/C(=O)NNC(=O)CSc2ccc(C)cc2)cc1. The zero-order valence-electron chi connectivity index (χ0n) is 14.8. The quantitative estimate of drug-likeness (QED) is 0.446. The number of aryl methyl sites for hydroxylation is 1. The number of hydrazine groups is 1. The molecule has 0 bridgehead atoms. The van der Waals surface area contributed by atoms with Gasteiger partial charge in [0, 0.05) is 11.0 Å². The summed E-state index contributed by atoms with van der Waals surface area (Å²) in [5, 5.41) is 0. The molecule has 2 N–H and O–H groups in total. The number of rotatable bonds is 7. The van der Waals surface area contributed by atoms with Crippen LogP contribution in [0.15, 0.2) is 59.5 Å². The molecular formula is C20H22N2O3S. The van der Waals surface area contributed by atoms with Crippen LogP contribution in [0.3, 0.4) is 0 Å². The summed E-state index contributed by atoms with van der Waals surface area (Å²) in [5.41, 5.74) is 6.80. The van der Waals surface area contributed by atoms with Crippen molar-refractivity contribution in [2.75, 3.05) is 12.4 Å². The average molecular weight is 370 g/mol. The maximum Gasteiger partial charge on any atom is 0.262 e. The lowest BCUT2D eigenvalue weighted by molar-refractivity contribution is -0.125. The van der Waals surface area contributed by atoms with Gasteiger partial charge in [0.25, 0.3) is 5.91 Å². The first kappa shape index (κ1) is 19.6. The van der Waals surface area contributed by atoms with Crippen molar-refractivity contribution in [1.29, 1.82) is 0 Å². The van der Waals surface area contributed by atoms with Crippen LogP contribution in [-0.2, 0) is 9.59 Å². The molecule has 2 aromatic carbocycles. The maximum absolute atomic E-state index is 11.8. The van der Waals surface area contributed by atoms with E-state index in [-0.39, 0.29) is 11.7 Å². The Kier molecular flexibility index (Phi) is 7.76. The van der Waals surface area contributed by atoms with Gasteiger partial charge in [0.05, 0.1) is 12.4 Å². The van der Waals surface area contributed by atoms with Crippen molar-refractivity contribution in [2.24, 2.45) is 0 Å². The summed E-state index contributed by atoms with van der Waals surface area (Å²) in [6.45, 7) is 4.54. The fourth-order valence-electron chi connectivity index (χ4n) is 2.01. The van der Waals surface area contributed by atoms with E-state index < -0.39 is 5.91 Å². The summed E-state index contributed by atoms with van der Waals surface area (Å²) in [4.78, 5) is 24.5. The van der Waals surface area contributed by atoms with Crippen LogP contribution in [0, 0.1) is 6.92 Å². The minimum absolute atomic E-state index is 0.228. The fraction of sp³-hybridized carbons (Fsp3) is 0.200. The van der Waals surface area contributed by atoms with E-state index in [4.69, 9.17) is 4.74 Å². The Morgan fingerprint density at radius 2 is 1.73 bits per heavy atom. The molecule has 0 atom stereocenters. The molecule has 0 saturated carbocycles. The number of thioether (sulfide) groups is 1. The van der Waals surface area contributed by atoms with Crippen molar-refractivity contribution in [3.8, 4) is 5.75 Å². The molecule has 0 spiro atoms. The van der Waals surface area contributed by atoms with Crippen LogP contribution in [0.1, 0.15) is 18.1 Å². The Hall–Kier alpha value is -2.73. The molecule has 0 saturated heterocycles. The number of hydrogen-bond acceptors (Lipinski definition) is 4. The Labute approximate surface area is 157 Å². The van der Waals surface area contributed by atoms with Crippen molar-refractivity contribution in [3.05, 3.63) is 65.7 Å². The molecule has 136 valence electrons. The van der Waals surface area contributed by atoms with E-state index >= 15 is 0 Å². The molecule has 0 aromatic heterocycles. The van der Waals surface area contributed by atoms with Gasteiger partial charge in [-0.25, -0.2) is 0 Å². The van der Waals surface area contributed by atoms with E-state index in [2.05, 4.69) is 10.9 Å². The number of carbonyl (C=O) groups is 2. The smallest absolute Gasteiger partial charge is 0.262 e. The van der Waals surface area contributed by atoms with Crippen molar-refractivity contribution in [2.45, 2.75) is 18.7 Å². The third-order valence-electron chi connectivity index (χ3n) is 3.33. The molecule has 0 aliphatic carbocycles. The summed E-state index contributed by atoms with van der Waals surface area (Å²) < 4.78 is 5.36. The van der Waals surface area contributed by atoms with Gasteiger partial charge in [0.1, 0.15) is 5.75 Å². The number of amides is 2. The standard InChI is InChI=1S/C20H22N2O3S/c1-3-25-17-9-6-16(7-10-17)8-13-19(23)21-22-20(24)14-26-18-11-4-15(2)5-12-18/h4-13H,3,14H2,1-2H3,(H,21,23)(H,22,24)/b13-8+. The molecule has 0 heterocycles. The molecule has 0 aliphatic heterocycles. The molecular weight excluding hydrogens is 348 g/mol. The Bertz CT molecular complexity index is 756. The van der Waals surface area contributed by atoms with Crippen LogP contribution >= 0.6 is 11.8 Å². The maximum atomic E-state index is 11.8. The minimum atomic E-state index is -0.396. The highest BCUT2D eigenvalue weighted by molar-refractivity contribution is 8.00. The van der Waals surface area contributed by atoms with Crippen LogP contribution in [0.5, 0.6) is 5.75 Å². The highest BCUT2D eigenvalue weighted by atomic mass is 32.2. The summed E-state index contributed by atoms with van der Waals surface area (Å²) in [5.74, 6) is 0.352. The van der Waals surface area contributed by atoms with Crippen molar-refractivity contribution >= 4 is 29.7 Å². The predicted molar refractivity (Wildman–Crippen MR) is 105 cm³/mol. The van der Waals surface area contributed by atoms with Crippen molar-refractivity contribution in [1.82, 2.24) is 10.9 Å². The highest BCUT2D eigenvalue weighted by Crippen LogP contribution is 2.17. The third kappa shape index (κ3) is 7.03. The molecule has 6 heteroatoms. The third-order valence-corrected chi connectivity index (χ3v) is 4.35. The molecule has 0 radical (unpaired) electrons. The van der Waals surface area contributed by atoms with E-state index in [1.54, 1.807) is 6.08 Å². The van der Waals surface area contributed by atoms with Crippen LogP contribution in [0.4, 0.5) is 0 Å². The summed E-state index contributed by atoms with van der Waals surface area (Å²) in [6, 6.07) is 15.3. The second-order valence-corrected chi connectivity index (χ2v) is 6.52. The van der Waals surface area contributed by atoms with E-state index in [9.17, 15) is 9.59 Å². The monoisotopic (exact) mass is 370 g/mol. The summed E-state index contributed by atoms with van der Waals surface area (Å²) in [7, 11) is 0. The van der Waals surface area contributed by atoms with Gasteiger partial charge >= 0.3 is 0 Å². The lowest BCUT2D eigenvalue weighted by atomic mass is 10.2. The number of benzene rings is 2. The highest BCUT2D eigenvalue weighted by Gasteiger charge is 2.04. The van der Waals surface area contributed by atoms with E-state index in [0.29, 0.717) is 6.61 Å². The zero-order valence-corrected chi connectivity index (χ0v) is 15.6. The van der Waals surface area contributed by atoms with Crippen LogP contribution in [-0.4, -0.2) is 24.2 Å². The second kappa shape index (κ2) is 10.3. The molecule has 2 aromatic rings. The average Bonchev–Trinajstić information content (AvgIpc) is 2.65. The Balaban J connectivity index is 1.71.